The molecule has 3 rings (SSSR count). The molecule has 0 unspecified atom stereocenters. The minimum atomic E-state index is -0.166. The lowest BCUT2D eigenvalue weighted by molar-refractivity contribution is -0.116. The zero-order valence-electron chi connectivity index (χ0n) is 13.2. The molecular weight excluding hydrogens is 361 g/mol. The fourth-order valence-electron chi connectivity index (χ4n) is 2.47. The summed E-state index contributed by atoms with van der Waals surface area (Å²) in [6.45, 7) is 0. The molecule has 7 heteroatoms. The number of hydrogen-bond acceptors (Lipinski definition) is 3. The highest BCUT2D eigenvalue weighted by Gasteiger charge is 2.07. The Morgan fingerprint density at radius 1 is 1.12 bits per heavy atom. The molecule has 0 fully saturated rings. The van der Waals surface area contributed by atoms with E-state index in [1.54, 1.807) is 36.4 Å². The van der Waals surface area contributed by atoms with Gasteiger partial charge in [0.05, 0.1) is 20.9 Å². The molecule has 25 heavy (non-hydrogen) atoms. The van der Waals surface area contributed by atoms with Crippen LogP contribution in [0.5, 0.6) is 0 Å². The molecule has 1 heterocycles. The van der Waals surface area contributed by atoms with Gasteiger partial charge in [-0.3, -0.25) is 9.59 Å². The third-order valence-electron chi connectivity index (χ3n) is 3.68. The van der Waals surface area contributed by atoms with Crippen molar-refractivity contribution in [1.29, 1.82) is 0 Å². The van der Waals surface area contributed by atoms with Gasteiger partial charge in [0, 0.05) is 18.5 Å². The van der Waals surface area contributed by atoms with Crippen LogP contribution in [0, 0.1) is 0 Å². The lowest BCUT2D eigenvalue weighted by atomic mass is 10.2. The summed E-state index contributed by atoms with van der Waals surface area (Å²) in [6.07, 6.45) is 1.38. The zero-order chi connectivity index (χ0) is 17.8. The van der Waals surface area contributed by atoms with Gasteiger partial charge in [-0.15, -0.1) is 0 Å². The van der Waals surface area contributed by atoms with Crippen LogP contribution in [0.15, 0.2) is 47.3 Å². The molecule has 5 nitrogen and oxygen atoms in total. The molecule has 1 aromatic heterocycles. The van der Waals surface area contributed by atoms with Gasteiger partial charge in [0.25, 0.3) is 5.56 Å². The van der Waals surface area contributed by atoms with Crippen LogP contribution in [0.25, 0.3) is 10.9 Å². The summed E-state index contributed by atoms with van der Waals surface area (Å²) in [5.41, 5.74) is 1.08. The molecule has 0 aliphatic carbocycles. The summed E-state index contributed by atoms with van der Waals surface area (Å²) in [6, 6.07) is 12.1. The first-order chi connectivity index (χ1) is 12.0. The number of aromatic amines is 1. The number of carbonyl (C=O) groups is 1. The fourth-order valence-corrected chi connectivity index (χ4v) is 2.77. The van der Waals surface area contributed by atoms with E-state index in [1.165, 1.54) is 0 Å². The molecule has 0 aliphatic rings. The van der Waals surface area contributed by atoms with E-state index in [-0.39, 0.29) is 11.5 Å². The van der Waals surface area contributed by atoms with Crippen LogP contribution in [-0.2, 0) is 11.2 Å². The van der Waals surface area contributed by atoms with Gasteiger partial charge in [-0.05, 0) is 36.8 Å². The number of aromatic nitrogens is 2. The van der Waals surface area contributed by atoms with Crippen molar-refractivity contribution in [1.82, 2.24) is 9.97 Å². The van der Waals surface area contributed by atoms with Crippen LogP contribution < -0.4 is 10.9 Å². The first-order valence-corrected chi connectivity index (χ1v) is 8.51. The summed E-state index contributed by atoms with van der Waals surface area (Å²) < 4.78 is 0. The molecule has 2 aromatic carbocycles. The summed E-state index contributed by atoms with van der Waals surface area (Å²) in [4.78, 5) is 31.2. The van der Waals surface area contributed by atoms with Crippen LogP contribution in [0.1, 0.15) is 18.7 Å². The molecule has 0 bridgehead atoms. The Balaban J connectivity index is 1.58. The van der Waals surface area contributed by atoms with E-state index >= 15 is 0 Å². The van der Waals surface area contributed by atoms with Gasteiger partial charge in [-0.25, -0.2) is 4.98 Å². The van der Waals surface area contributed by atoms with E-state index in [0.29, 0.717) is 51.7 Å². The van der Waals surface area contributed by atoms with E-state index in [2.05, 4.69) is 15.3 Å². The molecule has 0 saturated heterocycles. The Morgan fingerprint density at radius 3 is 2.72 bits per heavy atom. The van der Waals surface area contributed by atoms with Crippen molar-refractivity contribution >= 4 is 45.7 Å². The third kappa shape index (κ3) is 4.38. The quantitative estimate of drug-likeness (QED) is 0.701. The van der Waals surface area contributed by atoms with E-state index in [1.807, 2.05) is 6.07 Å². The Kier molecular flexibility index (Phi) is 5.36. The number of carbonyl (C=O) groups excluding carboxylic acids is 1. The van der Waals surface area contributed by atoms with Crippen molar-refractivity contribution < 1.29 is 4.79 Å². The van der Waals surface area contributed by atoms with E-state index in [9.17, 15) is 9.59 Å². The van der Waals surface area contributed by atoms with Gasteiger partial charge >= 0.3 is 0 Å². The highest BCUT2D eigenvalue weighted by Crippen LogP contribution is 2.25. The molecule has 0 aliphatic heterocycles. The Hall–Kier alpha value is -2.37. The van der Waals surface area contributed by atoms with Crippen molar-refractivity contribution in [2.24, 2.45) is 0 Å². The second-order valence-corrected chi connectivity index (χ2v) is 6.37. The molecule has 1 amide bonds. The van der Waals surface area contributed by atoms with Crippen molar-refractivity contribution in [3.63, 3.8) is 0 Å². The minimum absolute atomic E-state index is 0.137. The van der Waals surface area contributed by atoms with Crippen LogP contribution in [0.3, 0.4) is 0 Å². The number of amides is 1. The van der Waals surface area contributed by atoms with Gasteiger partial charge < -0.3 is 10.3 Å². The highest BCUT2D eigenvalue weighted by atomic mass is 35.5. The average Bonchev–Trinajstić information content (AvgIpc) is 2.58. The largest absolute Gasteiger partial charge is 0.326 e. The number of fused-ring (bicyclic) bond motifs is 1. The second-order valence-electron chi connectivity index (χ2n) is 5.56. The van der Waals surface area contributed by atoms with E-state index in [0.717, 1.165) is 0 Å². The third-order valence-corrected chi connectivity index (χ3v) is 4.42. The van der Waals surface area contributed by atoms with Crippen molar-refractivity contribution in [2.75, 3.05) is 5.32 Å². The van der Waals surface area contributed by atoms with Crippen LogP contribution in [0.4, 0.5) is 5.69 Å². The number of hydrogen-bond donors (Lipinski definition) is 2. The van der Waals surface area contributed by atoms with Gasteiger partial charge in [0.1, 0.15) is 5.82 Å². The summed E-state index contributed by atoms with van der Waals surface area (Å²) >= 11 is 11.8. The minimum Gasteiger partial charge on any atom is -0.326 e. The van der Waals surface area contributed by atoms with Crippen LogP contribution in [-0.4, -0.2) is 15.9 Å². The standard InChI is InChI=1S/C18H15Cl2N3O2/c19-13-9-8-11(10-14(13)20)21-17(24)7-3-6-16-22-15-5-2-1-4-12(15)18(25)23-16/h1-2,4-5,8-10H,3,6-7H2,(H,21,24)(H,22,23,25). The van der Waals surface area contributed by atoms with Crippen molar-refractivity contribution in [3.8, 4) is 0 Å². The molecule has 128 valence electrons. The maximum absolute atomic E-state index is 12.0. The summed E-state index contributed by atoms with van der Waals surface area (Å²) in [5, 5.41) is 4.14. The van der Waals surface area contributed by atoms with E-state index in [4.69, 9.17) is 23.2 Å². The zero-order valence-corrected chi connectivity index (χ0v) is 14.7. The predicted molar refractivity (Wildman–Crippen MR) is 100 cm³/mol. The number of nitrogens with one attached hydrogen (secondary N) is 2. The predicted octanol–water partition coefficient (Wildman–Crippen LogP) is 4.19. The number of H-pyrrole nitrogens is 1. The van der Waals surface area contributed by atoms with Gasteiger partial charge in [0.2, 0.25) is 5.91 Å². The number of halogens is 2. The van der Waals surface area contributed by atoms with Crippen molar-refractivity contribution in [3.05, 3.63) is 68.7 Å². The highest BCUT2D eigenvalue weighted by molar-refractivity contribution is 6.42. The Bertz CT molecular complexity index is 985. The molecule has 0 spiro atoms. The normalized spacial score (nSPS) is 10.8. The van der Waals surface area contributed by atoms with E-state index < -0.39 is 0 Å². The van der Waals surface area contributed by atoms with Gasteiger partial charge in [-0.1, -0.05) is 35.3 Å². The SMILES string of the molecule is O=C(CCCc1nc2ccccc2c(=O)[nH]1)Nc1ccc(Cl)c(Cl)c1. The maximum atomic E-state index is 12.0. The molecular formula is C18H15Cl2N3O2. The van der Waals surface area contributed by atoms with Gasteiger partial charge in [-0.2, -0.15) is 0 Å². The fraction of sp³-hybridized carbons (Fsp3) is 0.167. The summed E-state index contributed by atoms with van der Waals surface area (Å²) in [5.74, 6) is 0.438. The maximum Gasteiger partial charge on any atom is 0.258 e. The number of aryl methyl sites for hydroxylation is 1. The number of para-hydroxylation sites is 1. The topological polar surface area (TPSA) is 74.8 Å². The summed E-state index contributed by atoms with van der Waals surface area (Å²) in [7, 11) is 0. The average molecular weight is 376 g/mol. The lowest BCUT2D eigenvalue weighted by Crippen LogP contribution is -2.14. The number of rotatable bonds is 5. The van der Waals surface area contributed by atoms with Crippen LogP contribution in [0.2, 0.25) is 10.0 Å². The lowest BCUT2D eigenvalue weighted by Gasteiger charge is -2.06. The molecule has 0 saturated carbocycles. The second kappa shape index (κ2) is 7.68. The molecule has 2 N–H and O–H groups in total. The Morgan fingerprint density at radius 2 is 1.92 bits per heavy atom. The number of nitrogens with zero attached hydrogens (tertiary/aromatic N) is 1. The molecule has 0 radical (unpaired) electrons. The van der Waals surface area contributed by atoms with Crippen LogP contribution >= 0.6 is 23.2 Å². The molecule has 0 atom stereocenters. The van der Waals surface area contributed by atoms with Gasteiger partial charge in [0.15, 0.2) is 0 Å². The first kappa shape index (κ1) is 17.5. The number of anilines is 1. The number of benzene rings is 2. The van der Waals surface area contributed by atoms with Crippen molar-refractivity contribution in [2.45, 2.75) is 19.3 Å². The molecule has 3 aromatic rings. The monoisotopic (exact) mass is 375 g/mol. The Labute approximate surface area is 154 Å². The first-order valence-electron chi connectivity index (χ1n) is 7.76. The smallest absolute Gasteiger partial charge is 0.258 e.